The molecule has 0 saturated heterocycles. The molecule has 1 aliphatic carbocycles. The van der Waals surface area contributed by atoms with Crippen molar-refractivity contribution >= 4 is 10.0 Å². The number of sulfonamides is 1. The number of benzene rings is 1. The number of hydrogen-bond acceptors (Lipinski definition) is 3. The van der Waals surface area contributed by atoms with Crippen molar-refractivity contribution in [3.8, 4) is 0 Å². The molecule has 20 heavy (non-hydrogen) atoms. The van der Waals surface area contributed by atoms with Crippen molar-refractivity contribution in [3.05, 3.63) is 28.8 Å². The molecule has 1 saturated carbocycles. The fraction of sp³-hybridized carbons (Fsp3) is 0.600. The zero-order valence-electron chi connectivity index (χ0n) is 12.3. The van der Waals surface area contributed by atoms with E-state index in [9.17, 15) is 13.5 Å². The van der Waals surface area contributed by atoms with Gasteiger partial charge in [-0.3, -0.25) is 0 Å². The molecule has 1 aromatic carbocycles. The van der Waals surface area contributed by atoms with Crippen molar-refractivity contribution in [2.45, 2.75) is 63.5 Å². The van der Waals surface area contributed by atoms with Crippen LogP contribution in [0.4, 0.5) is 0 Å². The Labute approximate surface area is 121 Å². The van der Waals surface area contributed by atoms with E-state index in [0.717, 1.165) is 29.5 Å². The third kappa shape index (κ3) is 3.22. The monoisotopic (exact) mass is 297 g/mol. The summed E-state index contributed by atoms with van der Waals surface area (Å²) in [6, 6.07) is 3.38. The van der Waals surface area contributed by atoms with Gasteiger partial charge in [0.25, 0.3) is 0 Å². The highest BCUT2D eigenvalue weighted by Gasteiger charge is 2.29. The molecule has 5 heteroatoms. The first-order chi connectivity index (χ1) is 9.31. The predicted octanol–water partition coefficient (Wildman–Crippen LogP) is 2.19. The summed E-state index contributed by atoms with van der Waals surface area (Å²) in [6.07, 6.45) is 2.70. The molecule has 0 heterocycles. The smallest absolute Gasteiger partial charge is 0.241 e. The second-order valence-corrected chi connectivity index (χ2v) is 7.46. The van der Waals surface area contributed by atoms with E-state index in [4.69, 9.17) is 0 Å². The van der Waals surface area contributed by atoms with Crippen molar-refractivity contribution in [3.63, 3.8) is 0 Å². The quantitative estimate of drug-likeness (QED) is 0.899. The number of rotatable bonds is 3. The lowest BCUT2D eigenvalue weighted by Gasteiger charge is -2.28. The lowest BCUT2D eigenvalue weighted by Crippen LogP contribution is -2.45. The van der Waals surface area contributed by atoms with Gasteiger partial charge in [0.15, 0.2) is 0 Å². The number of aliphatic hydroxyl groups excluding tert-OH is 1. The van der Waals surface area contributed by atoms with E-state index in [1.165, 1.54) is 0 Å². The van der Waals surface area contributed by atoms with Gasteiger partial charge >= 0.3 is 0 Å². The van der Waals surface area contributed by atoms with E-state index in [0.29, 0.717) is 17.7 Å². The average molecular weight is 297 g/mol. The minimum atomic E-state index is -3.58. The normalized spacial score (nSPS) is 23.8. The number of aryl methyl sites for hydroxylation is 3. The number of nitrogens with one attached hydrogen (secondary N) is 1. The van der Waals surface area contributed by atoms with Crippen LogP contribution in [0.2, 0.25) is 0 Å². The topological polar surface area (TPSA) is 66.4 Å². The second-order valence-electron chi connectivity index (χ2n) is 5.81. The molecule has 0 radical (unpaired) electrons. The zero-order valence-corrected chi connectivity index (χ0v) is 13.1. The van der Waals surface area contributed by atoms with Crippen LogP contribution in [-0.2, 0) is 10.0 Å². The van der Waals surface area contributed by atoms with Gasteiger partial charge in [0.2, 0.25) is 10.0 Å². The molecule has 0 bridgehead atoms. The molecular weight excluding hydrogens is 274 g/mol. The van der Waals surface area contributed by atoms with Gasteiger partial charge in [-0.25, -0.2) is 13.1 Å². The highest BCUT2D eigenvalue weighted by Crippen LogP contribution is 2.24. The zero-order chi connectivity index (χ0) is 14.9. The Bertz CT molecular complexity index is 572. The van der Waals surface area contributed by atoms with Gasteiger partial charge in [-0.05, 0) is 44.7 Å². The van der Waals surface area contributed by atoms with E-state index in [1.54, 1.807) is 0 Å². The first-order valence-electron chi connectivity index (χ1n) is 7.09. The summed E-state index contributed by atoms with van der Waals surface area (Å²) < 4.78 is 27.8. The van der Waals surface area contributed by atoms with E-state index >= 15 is 0 Å². The third-order valence-electron chi connectivity index (χ3n) is 3.91. The fourth-order valence-electron chi connectivity index (χ4n) is 3.10. The Morgan fingerprint density at radius 1 is 1.10 bits per heavy atom. The summed E-state index contributed by atoms with van der Waals surface area (Å²) in [5.41, 5.74) is 2.55. The minimum absolute atomic E-state index is 0.348. The molecule has 0 aliphatic heterocycles. The fourth-order valence-corrected chi connectivity index (χ4v) is 4.85. The SMILES string of the molecule is Cc1cc(C)c(S(=O)(=O)N[C@@H]2CCCC[C@H]2O)c(C)c1. The lowest BCUT2D eigenvalue weighted by atomic mass is 9.93. The summed E-state index contributed by atoms with van der Waals surface area (Å²) in [4.78, 5) is 0.348. The Kier molecular flexibility index (Phi) is 4.52. The first kappa shape index (κ1) is 15.5. The van der Waals surface area contributed by atoms with Gasteiger partial charge in [0.1, 0.15) is 0 Å². The molecule has 1 aliphatic rings. The molecule has 1 aromatic rings. The van der Waals surface area contributed by atoms with Gasteiger partial charge in [-0.2, -0.15) is 0 Å². The van der Waals surface area contributed by atoms with Gasteiger partial charge in [0, 0.05) is 6.04 Å². The van der Waals surface area contributed by atoms with Gasteiger partial charge in [-0.15, -0.1) is 0 Å². The second kappa shape index (κ2) is 5.84. The molecule has 0 spiro atoms. The van der Waals surface area contributed by atoms with E-state index in [1.807, 2.05) is 32.9 Å². The maximum atomic E-state index is 12.6. The van der Waals surface area contributed by atoms with Crippen LogP contribution in [-0.4, -0.2) is 25.7 Å². The summed E-state index contributed by atoms with van der Waals surface area (Å²) in [7, 11) is -3.58. The highest BCUT2D eigenvalue weighted by molar-refractivity contribution is 7.89. The summed E-state index contributed by atoms with van der Waals surface area (Å²) in [5, 5.41) is 9.93. The van der Waals surface area contributed by atoms with Crippen LogP contribution in [0.1, 0.15) is 42.4 Å². The summed E-state index contributed by atoms with van der Waals surface area (Å²) in [5.74, 6) is 0. The Morgan fingerprint density at radius 2 is 1.65 bits per heavy atom. The van der Waals surface area contributed by atoms with Crippen molar-refractivity contribution < 1.29 is 13.5 Å². The van der Waals surface area contributed by atoms with Crippen molar-refractivity contribution in [2.24, 2.45) is 0 Å². The summed E-state index contributed by atoms with van der Waals surface area (Å²) >= 11 is 0. The largest absolute Gasteiger partial charge is 0.391 e. The van der Waals surface area contributed by atoms with Crippen LogP contribution in [0.25, 0.3) is 0 Å². The maximum Gasteiger partial charge on any atom is 0.241 e. The number of aliphatic hydroxyl groups is 1. The molecule has 2 N–H and O–H groups in total. The molecule has 2 rings (SSSR count). The Balaban J connectivity index is 2.31. The Morgan fingerprint density at radius 3 is 2.20 bits per heavy atom. The van der Waals surface area contributed by atoms with Crippen LogP contribution in [0.3, 0.4) is 0 Å². The Hall–Kier alpha value is -0.910. The van der Waals surface area contributed by atoms with E-state index in [-0.39, 0.29) is 6.04 Å². The molecule has 112 valence electrons. The number of hydrogen-bond donors (Lipinski definition) is 2. The van der Waals surface area contributed by atoms with E-state index < -0.39 is 16.1 Å². The first-order valence-corrected chi connectivity index (χ1v) is 8.58. The van der Waals surface area contributed by atoms with Gasteiger partial charge in [-0.1, -0.05) is 30.5 Å². The molecular formula is C15H23NO3S. The van der Waals surface area contributed by atoms with E-state index in [2.05, 4.69) is 4.72 Å². The molecule has 1 fully saturated rings. The van der Waals surface area contributed by atoms with Crippen LogP contribution in [0, 0.1) is 20.8 Å². The molecule has 4 nitrogen and oxygen atoms in total. The van der Waals surface area contributed by atoms with Gasteiger partial charge < -0.3 is 5.11 Å². The van der Waals surface area contributed by atoms with Crippen LogP contribution >= 0.6 is 0 Å². The maximum absolute atomic E-state index is 12.6. The molecule has 0 unspecified atom stereocenters. The minimum Gasteiger partial charge on any atom is -0.391 e. The van der Waals surface area contributed by atoms with Crippen LogP contribution in [0.5, 0.6) is 0 Å². The van der Waals surface area contributed by atoms with Gasteiger partial charge in [0.05, 0.1) is 11.0 Å². The standard InChI is InChI=1S/C15H23NO3S/c1-10-8-11(2)15(12(3)9-10)20(18,19)16-13-6-4-5-7-14(13)17/h8-9,13-14,16-17H,4-7H2,1-3H3/t13-,14-/m1/s1. The van der Waals surface area contributed by atoms with Crippen molar-refractivity contribution in [1.29, 1.82) is 0 Å². The van der Waals surface area contributed by atoms with Crippen molar-refractivity contribution in [1.82, 2.24) is 4.72 Å². The van der Waals surface area contributed by atoms with Crippen molar-refractivity contribution in [2.75, 3.05) is 0 Å². The summed E-state index contributed by atoms with van der Waals surface area (Å²) in [6.45, 7) is 5.58. The molecule has 2 atom stereocenters. The average Bonchev–Trinajstić information content (AvgIpc) is 2.30. The third-order valence-corrected chi connectivity index (χ3v) is 5.70. The predicted molar refractivity (Wildman–Crippen MR) is 79.2 cm³/mol. The van der Waals surface area contributed by atoms with Crippen LogP contribution < -0.4 is 4.72 Å². The highest BCUT2D eigenvalue weighted by atomic mass is 32.2. The van der Waals surface area contributed by atoms with Crippen LogP contribution in [0.15, 0.2) is 17.0 Å². The lowest BCUT2D eigenvalue weighted by molar-refractivity contribution is 0.101. The molecule has 0 aromatic heterocycles. The molecule has 0 amide bonds.